The second kappa shape index (κ2) is 14.5. The summed E-state index contributed by atoms with van der Waals surface area (Å²) in [6.07, 6.45) is 2.33. The number of benzene rings is 4. The van der Waals surface area contributed by atoms with Gasteiger partial charge in [0.2, 0.25) is 5.91 Å². The van der Waals surface area contributed by atoms with Crippen molar-refractivity contribution >= 4 is 38.6 Å². The summed E-state index contributed by atoms with van der Waals surface area (Å²) < 4.78 is 46.7. The van der Waals surface area contributed by atoms with E-state index in [4.69, 9.17) is 14.2 Å². The predicted molar refractivity (Wildman–Crippen MR) is 175 cm³/mol. The zero-order valence-electron chi connectivity index (χ0n) is 24.9. The Bertz CT molecular complexity index is 1760. The average Bonchev–Trinajstić information content (AvgIpc) is 3.37. The molecule has 1 fully saturated rings. The average molecular weight is 647 g/mol. The Kier molecular flexibility index (Phi) is 10.3. The first-order chi connectivity index (χ1) is 21.7. The van der Waals surface area contributed by atoms with Gasteiger partial charge in [0.15, 0.2) is 5.75 Å². The van der Waals surface area contributed by atoms with E-state index in [1.807, 2.05) is 19.1 Å². The zero-order valence-corrected chi connectivity index (χ0v) is 26.6. The normalized spacial score (nSPS) is 14.6. The highest BCUT2D eigenvalue weighted by atomic mass is 32.2. The summed E-state index contributed by atoms with van der Waals surface area (Å²) in [5.74, 6) is 2.07. The summed E-state index contributed by atoms with van der Waals surface area (Å²) >= 11 is 0.973. The van der Waals surface area contributed by atoms with Crippen LogP contribution in [0.25, 0.3) is 0 Å². The number of hydrogen-bond acceptors (Lipinski definition) is 8. The lowest BCUT2D eigenvalue weighted by molar-refractivity contribution is -0.119. The fourth-order valence-corrected chi connectivity index (χ4v) is 6.56. The SMILES string of the molecule is CCCc1cc(Oc2ccccc2NS(=O)(=O)c2ccc(C)cc2)ccc1OCCCOc1ccc(C2SC(=O)NC2=O)cc1. The van der Waals surface area contributed by atoms with Crippen molar-refractivity contribution in [3.63, 3.8) is 0 Å². The minimum absolute atomic E-state index is 0.172. The van der Waals surface area contributed by atoms with Crippen LogP contribution in [0.5, 0.6) is 23.0 Å². The second-order valence-corrected chi connectivity index (χ2v) is 13.2. The molecule has 2 amide bonds. The first kappa shape index (κ1) is 31.9. The number of amides is 2. The van der Waals surface area contributed by atoms with Gasteiger partial charge in [0.1, 0.15) is 22.5 Å². The molecule has 234 valence electrons. The van der Waals surface area contributed by atoms with E-state index >= 15 is 0 Å². The van der Waals surface area contributed by atoms with E-state index in [1.54, 1.807) is 78.9 Å². The van der Waals surface area contributed by atoms with Gasteiger partial charge in [-0.1, -0.05) is 55.3 Å². The van der Waals surface area contributed by atoms with E-state index in [9.17, 15) is 18.0 Å². The summed E-state index contributed by atoms with van der Waals surface area (Å²) in [7, 11) is -3.80. The Morgan fingerprint density at radius 1 is 0.844 bits per heavy atom. The maximum atomic E-state index is 13.0. The Hall–Kier alpha value is -4.48. The van der Waals surface area contributed by atoms with Crippen LogP contribution in [0, 0.1) is 6.92 Å². The topological polar surface area (TPSA) is 120 Å². The number of anilines is 1. The number of aryl methyl sites for hydroxylation is 2. The van der Waals surface area contributed by atoms with Crippen LogP contribution in [-0.4, -0.2) is 32.8 Å². The molecule has 5 rings (SSSR count). The van der Waals surface area contributed by atoms with Crippen LogP contribution in [0.3, 0.4) is 0 Å². The smallest absolute Gasteiger partial charge is 0.286 e. The van der Waals surface area contributed by atoms with Crippen LogP contribution in [0.4, 0.5) is 10.5 Å². The number of imide groups is 1. The summed E-state index contributed by atoms with van der Waals surface area (Å²) in [5, 5.41) is 1.43. The Morgan fingerprint density at radius 3 is 2.27 bits per heavy atom. The van der Waals surface area contributed by atoms with Crippen LogP contribution in [0.2, 0.25) is 0 Å². The fraction of sp³-hybridized carbons (Fsp3) is 0.235. The molecule has 4 aromatic rings. The van der Waals surface area contributed by atoms with Gasteiger partial charge in [-0.3, -0.25) is 19.6 Å². The van der Waals surface area contributed by atoms with Crippen LogP contribution >= 0.6 is 11.8 Å². The molecule has 0 radical (unpaired) electrons. The molecule has 0 bridgehead atoms. The molecule has 0 saturated carbocycles. The van der Waals surface area contributed by atoms with Crippen molar-refractivity contribution in [1.29, 1.82) is 0 Å². The lowest BCUT2D eigenvalue weighted by atomic mass is 10.1. The lowest BCUT2D eigenvalue weighted by Crippen LogP contribution is -2.20. The van der Waals surface area contributed by atoms with E-state index < -0.39 is 15.3 Å². The molecule has 0 aromatic heterocycles. The van der Waals surface area contributed by atoms with Gasteiger partial charge in [-0.05, 0) is 90.8 Å². The van der Waals surface area contributed by atoms with Crippen LogP contribution in [0.15, 0.2) is 95.9 Å². The first-order valence-electron chi connectivity index (χ1n) is 14.6. The fourth-order valence-electron chi connectivity index (χ4n) is 4.66. The molecular weight excluding hydrogens is 613 g/mol. The van der Waals surface area contributed by atoms with E-state index in [1.165, 1.54) is 0 Å². The minimum Gasteiger partial charge on any atom is -0.493 e. The number of ether oxygens (including phenoxy) is 3. The summed E-state index contributed by atoms with van der Waals surface area (Å²) in [6, 6.07) is 26.3. The largest absolute Gasteiger partial charge is 0.493 e. The molecule has 1 heterocycles. The molecule has 45 heavy (non-hydrogen) atoms. The molecule has 1 aliphatic heterocycles. The maximum absolute atomic E-state index is 13.0. The van der Waals surface area contributed by atoms with Gasteiger partial charge in [0, 0.05) is 6.42 Å². The molecule has 9 nitrogen and oxygen atoms in total. The summed E-state index contributed by atoms with van der Waals surface area (Å²) in [5.41, 5.74) is 3.04. The van der Waals surface area contributed by atoms with Gasteiger partial charge in [-0.25, -0.2) is 8.42 Å². The molecule has 2 N–H and O–H groups in total. The van der Waals surface area contributed by atoms with Gasteiger partial charge < -0.3 is 14.2 Å². The number of carbonyl (C=O) groups excluding carboxylic acids is 2. The number of sulfonamides is 1. The van der Waals surface area contributed by atoms with Gasteiger partial charge in [0.05, 0.1) is 23.8 Å². The third kappa shape index (κ3) is 8.37. The number of rotatable bonds is 14. The molecule has 4 aromatic carbocycles. The van der Waals surface area contributed by atoms with Crippen LogP contribution in [0.1, 0.15) is 41.7 Å². The quantitative estimate of drug-likeness (QED) is 0.136. The van der Waals surface area contributed by atoms with Crippen molar-refractivity contribution in [2.75, 3.05) is 17.9 Å². The third-order valence-electron chi connectivity index (χ3n) is 6.93. The molecule has 1 atom stereocenters. The number of thioether (sulfide) groups is 1. The maximum Gasteiger partial charge on any atom is 0.286 e. The van der Waals surface area contributed by atoms with Crippen LogP contribution in [-0.2, 0) is 21.2 Å². The van der Waals surface area contributed by atoms with E-state index in [0.29, 0.717) is 42.6 Å². The Balaban J connectivity index is 1.16. The number of hydrogen-bond donors (Lipinski definition) is 2. The lowest BCUT2D eigenvalue weighted by Gasteiger charge is -2.16. The van der Waals surface area contributed by atoms with E-state index in [-0.39, 0.29) is 16.0 Å². The molecule has 11 heteroatoms. The van der Waals surface area contributed by atoms with Gasteiger partial charge in [-0.15, -0.1) is 0 Å². The molecule has 1 aliphatic rings. The number of nitrogens with one attached hydrogen (secondary N) is 2. The van der Waals surface area contributed by atoms with Crippen molar-refractivity contribution in [1.82, 2.24) is 5.32 Å². The van der Waals surface area contributed by atoms with Gasteiger partial charge in [0.25, 0.3) is 15.3 Å². The predicted octanol–water partition coefficient (Wildman–Crippen LogP) is 7.41. The van der Waals surface area contributed by atoms with Crippen molar-refractivity contribution < 1.29 is 32.2 Å². The Morgan fingerprint density at radius 2 is 1.56 bits per heavy atom. The number of carbonyl (C=O) groups is 2. The van der Waals surface area contributed by atoms with E-state index in [0.717, 1.165) is 47.0 Å². The standard InChI is InChI=1S/C34H34N2O7S2/c1-3-7-25-22-27(43-31-9-5-4-8-29(31)36-45(39,40)28-17-10-23(2)11-18-28)16-19-30(25)42-21-6-20-41-26-14-12-24(13-15-26)32-33(37)35-34(38)44-32/h4-5,8-19,22,32,36H,3,6-7,20-21H2,1-2H3,(H,35,37,38). The highest BCUT2D eigenvalue weighted by Crippen LogP contribution is 2.35. The van der Waals surface area contributed by atoms with Crippen molar-refractivity contribution in [2.24, 2.45) is 0 Å². The Labute approximate surface area is 267 Å². The zero-order chi connectivity index (χ0) is 31.8. The molecule has 0 spiro atoms. The van der Waals surface area contributed by atoms with E-state index in [2.05, 4.69) is 17.0 Å². The third-order valence-corrected chi connectivity index (χ3v) is 9.35. The monoisotopic (exact) mass is 646 g/mol. The van der Waals surface area contributed by atoms with Gasteiger partial charge >= 0.3 is 0 Å². The van der Waals surface area contributed by atoms with Crippen molar-refractivity contribution in [3.05, 3.63) is 108 Å². The minimum atomic E-state index is -3.80. The van der Waals surface area contributed by atoms with Crippen LogP contribution < -0.4 is 24.2 Å². The van der Waals surface area contributed by atoms with Crippen molar-refractivity contribution in [3.8, 4) is 23.0 Å². The summed E-state index contributed by atoms with van der Waals surface area (Å²) in [6.45, 7) is 4.87. The van der Waals surface area contributed by atoms with Gasteiger partial charge in [-0.2, -0.15) is 0 Å². The molecule has 1 unspecified atom stereocenters. The second-order valence-electron chi connectivity index (χ2n) is 10.4. The first-order valence-corrected chi connectivity index (χ1v) is 16.9. The number of para-hydroxylation sites is 2. The highest BCUT2D eigenvalue weighted by Gasteiger charge is 2.32. The summed E-state index contributed by atoms with van der Waals surface area (Å²) in [4.78, 5) is 23.5. The molecule has 0 aliphatic carbocycles. The molecular formula is C34H34N2O7S2. The van der Waals surface area contributed by atoms with Crippen molar-refractivity contribution in [2.45, 2.75) is 43.3 Å². The molecule has 1 saturated heterocycles. The highest BCUT2D eigenvalue weighted by molar-refractivity contribution is 8.15.